The van der Waals surface area contributed by atoms with Crippen molar-refractivity contribution in [1.29, 1.82) is 0 Å². The van der Waals surface area contributed by atoms with Gasteiger partial charge >= 0.3 is 0 Å². The summed E-state index contributed by atoms with van der Waals surface area (Å²) in [5, 5.41) is 2.87. The van der Waals surface area contributed by atoms with Gasteiger partial charge in [-0.05, 0) is 6.42 Å². The molecule has 0 bridgehead atoms. The van der Waals surface area contributed by atoms with Crippen molar-refractivity contribution in [3.05, 3.63) is 22.1 Å². The van der Waals surface area contributed by atoms with Gasteiger partial charge in [0.2, 0.25) is 5.95 Å². The van der Waals surface area contributed by atoms with E-state index in [0.29, 0.717) is 11.7 Å². The van der Waals surface area contributed by atoms with Crippen LogP contribution in [0.2, 0.25) is 0 Å². The smallest absolute Gasteiger partial charge is 0.274 e. The lowest BCUT2D eigenvalue weighted by atomic mass is 10.3. The molecule has 0 saturated carbocycles. The van der Waals surface area contributed by atoms with Crippen molar-refractivity contribution >= 4 is 11.7 Å². The maximum atomic E-state index is 11.6. The molecule has 0 aliphatic heterocycles. The standard InChI is InChI=1S/C9H13N5O/c1-4-6-5-7(15)14-8(10-6)11-9(12-14)13(2)3/h5H,4H2,1-3H3,(H,10,11,12). The molecule has 0 atom stereocenters. The number of aryl methyl sites for hydroxylation is 1. The number of hydrogen-bond donors (Lipinski definition) is 1. The van der Waals surface area contributed by atoms with Crippen molar-refractivity contribution < 1.29 is 0 Å². The lowest BCUT2D eigenvalue weighted by Gasteiger charge is -2.04. The second kappa shape index (κ2) is 3.38. The van der Waals surface area contributed by atoms with Gasteiger partial charge in [0.05, 0.1) is 0 Å². The molecule has 0 aromatic carbocycles. The molecule has 0 spiro atoms. The van der Waals surface area contributed by atoms with Crippen LogP contribution in [-0.4, -0.2) is 33.7 Å². The van der Waals surface area contributed by atoms with Crippen LogP contribution < -0.4 is 10.5 Å². The number of rotatable bonds is 2. The molecular formula is C9H13N5O. The Labute approximate surface area is 86.6 Å². The molecule has 6 heteroatoms. The van der Waals surface area contributed by atoms with Crippen LogP contribution in [0.4, 0.5) is 5.95 Å². The summed E-state index contributed by atoms with van der Waals surface area (Å²) < 4.78 is 1.34. The van der Waals surface area contributed by atoms with Crippen LogP contribution in [0.5, 0.6) is 0 Å². The van der Waals surface area contributed by atoms with E-state index >= 15 is 0 Å². The van der Waals surface area contributed by atoms with Gasteiger partial charge in [0.1, 0.15) is 0 Å². The molecule has 0 unspecified atom stereocenters. The summed E-state index contributed by atoms with van der Waals surface area (Å²) in [6.45, 7) is 1.96. The molecule has 2 aromatic heterocycles. The number of aromatic amines is 1. The Morgan fingerprint density at radius 3 is 2.80 bits per heavy atom. The Kier molecular flexibility index (Phi) is 2.18. The van der Waals surface area contributed by atoms with Gasteiger partial charge in [-0.25, -0.2) is 4.98 Å². The van der Waals surface area contributed by atoms with E-state index in [0.717, 1.165) is 12.1 Å². The maximum Gasteiger partial charge on any atom is 0.274 e. The average molecular weight is 207 g/mol. The van der Waals surface area contributed by atoms with Crippen molar-refractivity contribution in [2.75, 3.05) is 19.0 Å². The summed E-state index contributed by atoms with van der Waals surface area (Å²) in [6, 6.07) is 1.52. The second-order valence-corrected chi connectivity index (χ2v) is 3.52. The van der Waals surface area contributed by atoms with Gasteiger partial charge in [-0.15, -0.1) is 0 Å². The molecule has 1 N–H and O–H groups in total. The van der Waals surface area contributed by atoms with Crippen molar-refractivity contribution in [2.45, 2.75) is 13.3 Å². The van der Waals surface area contributed by atoms with E-state index in [1.165, 1.54) is 10.6 Å². The minimum atomic E-state index is -0.127. The largest absolute Gasteiger partial charge is 0.347 e. The number of nitrogens with one attached hydrogen (secondary N) is 1. The van der Waals surface area contributed by atoms with Crippen LogP contribution in [0.1, 0.15) is 12.6 Å². The maximum absolute atomic E-state index is 11.6. The number of H-pyrrole nitrogens is 1. The molecule has 2 heterocycles. The van der Waals surface area contributed by atoms with Gasteiger partial charge < -0.3 is 4.90 Å². The van der Waals surface area contributed by atoms with Crippen LogP contribution in [0.15, 0.2) is 10.9 Å². The molecule has 0 radical (unpaired) electrons. The van der Waals surface area contributed by atoms with Gasteiger partial charge in [0.25, 0.3) is 11.3 Å². The highest BCUT2D eigenvalue weighted by atomic mass is 16.1. The monoisotopic (exact) mass is 207 g/mol. The lowest BCUT2D eigenvalue weighted by Crippen LogP contribution is -2.16. The molecule has 0 amide bonds. The molecular weight excluding hydrogens is 194 g/mol. The van der Waals surface area contributed by atoms with Crippen LogP contribution in [0.25, 0.3) is 5.78 Å². The van der Waals surface area contributed by atoms with Gasteiger partial charge in [-0.3, -0.25) is 9.89 Å². The summed E-state index contributed by atoms with van der Waals surface area (Å²) in [5.41, 5.74) is 0.634. The molecule has 2 rings (SSSR count). The predicted octanol–water partition coefficient (Wildman–Crippen LogP) is 0.0460. The fourth-order valence-electron chi connectivity index (χ4n) is 1.30. The summed E-state index contributed by atoms with van der Waals surface area (Å²) in [7, 11) is 3.70. The first-order valence-corrected chi connectivity index (χ1v) is 4.78. The molecule has 15 heavy (non-hydrogen) atoms. The summed E-state index contributed by atoms with van der Waals surface area (Å²) in [6.07, 6.45) is 0.732. The molecule has 0 fully saturated rings. The Bertz CT molecular complexity index is 539. The lowest BCUT2D eigenvalue weighted by molar-refractivity contribution is 0.865. The quantitative estimate of drug-likeness (QED) is 0.755. The van der Waals surface area contributed by atoms with Crippen LogP contribution in [0.3, 0.4) is 0 Å². The third kappa shape index (κ3) is 1.58. The van der Waals surface area contributed by atoms with E-state index in [4.69, 9.17) is 0 Å². The minimum absolute atomic E-state index is 0.127. The molecule has 0 saturated heterocycles. The van der Waals surface area contributed by atoms with E-state index < -0.39 is 0 Å². The van der Waals surface area contributed by atoms with E-state index in [1.807, 2.05) is 21.0 Å². The topological polar surface area (TPSA) is 66.3 Å². The van der Waals surface area contributed by atoms with E-state index in [1.54, 1.807) is 4.90 Å². The summed E-state index contributed by atoms with van der Waals surface area (Å²) in [4.78, 5) is 21.9. The van der Waals surface area contributed by atoms with Gasteiger partial charge in [-0.1, -0.05) is 6.92 Å². The fraction of sp³-hybridized carbons (Fsp3) is 0.444. The minimum Gasteiger partial charge on any atom is -0.347 e. The highest BCUT2D eigenvalue weighted by molar-refractivity contribution is 5.38. The number of aromatic nitrogens is 4. The zero-order valence-electron chi connectivity index (χ0n) is 8.98. The Morgan fingerprint density at radius 2 is 2.20 bits per heavy atom. The first-order chi connectivity index (χ1) is 7.11. The third-order valence-electron chi connectivity index (χ3n) is 2.16. The molecule has 0 aliphatic carbocycles. The van der Waals surface area contributed by atoms with Gasteiger partial charge in [0, 0.05) is 25.9 Å². The predicted molar refractivity (Wildman–Crippen MR) is 57.3 cm³/mol. The van der Waals surface area contributed by atoms with Crippen LogP contribution >= 0.6 is 0 Å². The number of fused-ring (bicyclic) bond motifs is 1. The third-order valence-corrected chi connectivity index (χ3v) is 2.16. The number of hydrogen-bond acceptors (Lipinski definition) is 4. The highest BCUT2D eigenvalue weighted by Gasteiger charge is 2.07. The van der Waals surface area contributed by atoms with Crippen molar-refractivity contribution in [2.24, 2.45) is 0 Å². The normalized spacial score (nSPS) is 10.9. The average Bonchev–Trinajstić information content (AvgIpc) is 2.61. The summed E-state index contributed by atoms with van der Waals surface area (Å²) >= 11 is 0. The first kappa shape index (κ1) is 9.70. The molecule has 6 nitrogen and oxygen atoms in total. The Hall–Kier alpha value is -1.85. The van der Waals surface area contributed by atoms with Crippen LogP contribution in [0, 0.1) is 0 Å². The number of nitrogens with zero attached hydrogens (tertiary/aromatic N) is 4. The second-order valence-electron chi connectivity index (χ2n) is 3.52. The SMILES string of the molecule is CCc1cc(=O)n2[nH]c(N(C)C)nc2n1. The Morgan fingerprint density at radius 1 is 1.47 bits per heavy atom. The van der Waals surface area contributed by atoms with Crippen LogP contribution in [-0.2, 0) is 6.42 Å². The fourth-order valence-corrected chi connectivity index (χ4v) is 1.30. The van der Waals surface area contributed by atoms with Gasteiger partial charge in [-0.2, -0.15) is 9.50 Å². The van der Waals surface area contributed by atoms with E-state index in [-0.39, 0.29) is 5.56 Å². The van der Waals surface area contributed by atoms with E-state index in [9.17, 15) is 4.79 Å². The molecule has 2 aromatic rings. The van der Waals surface area contributed by atoms with Crippen molar-refractivity contribution in [1.82, 2.24) is 19.6 Å². The highest BCUT2D eigenvalue weighted by Crippen LogP contribution is 2.04. The first-order valence-electron chi connectivity index (χ1n) is 4.78. The van der Waals surface area contributed by atoms with Gasteiger partial charge in [0.15, 0.2) is 0 Å². The molecule has 0 aliphatic rings. The summed E-state index contributed by atoms with van der Waals surface area (Å²) in [5.74, 6) is 1.04. The van der Waals surface area contributed by atoms with E-state index in [2.05, 4.69) is 15.1 Å². The zero-order valence-corrected chi connectivity index (χ0v) is 8.98. The molecule has 80 valence electrons. The van der Waals surface area contributed by atoms with Crippen molar-refractivity contribution in [3.63, 3.8) is 0 Å². The zero-order chi connectivity index (χ0) is 11.0. The van der Waals surface area contributed by atoms with Crippen molar-refractivity contribution in [3.8, 4) is 0 Å². The Balaban J connectivity index is 2.70. The number of anilines is 1.